The Morgan fingerprint density at radius 2 is 2.23 bits per heavy atom. The minimum atomic E-state index is 0.101. The van der Waals surface area contributed by atoms with Crippen LogP contribution in [0.25, 0.3) is 0 Å². The zero-order valence-electron chi connectivity index (χ0n) is 7.24. The molecule has 0 radical (unpaired) electrons. The molecule has 13 heavy (non-hydrogen) atoms. The largest absolute Gasteiger partial charge is 0.370 e. The predicted octanol–water partition coefficient (Wildman–Crippen LogP) is 2.07. The highest BCUT2D eigenvalue weighted by Crippen LogP contribution is 2.25. The summed E-state index contributed by atoms with van der Waals surface area (Å²) in [5, 5.41) is 0. The highest BCUT2D eigenvalue weighted by molar-refractivity contribution is 6.17. The average Bonchev–Trinajstić information content (AvgIpc) is 2.71. The molecule has 2 heterocycles. The Balaban J connectivity index is 2.12. The van der Waals surface area contributed by atoms with E-state index in [2.05, 4.69) is 9.97 Å². The van der Waals surface area contributed by atoms with E-state index in [9.17, 15) is 0 Å². The fourth-order valence-electron chi connectivity index (χ4n) is 1.38. The number of rotatable bonds is 2. The van der Waals surface area contributed by atoms with E-state index in [0.29, 0.717) is 5.88 Å². The molecule has 3 nitrogen and oxygen atoms in total. The second-order valence-corrected chi connectivity index (χ2v) is 3.35. The summed E-state index contributed by atoms with van der Waals surface area (Å²) in [6.07, 6.45) is 5.75. The molecule has 1 fully saturated rings. The third kappa shape index (κ3) is 1.98. The van der Waals surface area contributed by atoms with Crippen LogP contribution in [0.2, 0.25) is 0 Å². The molecule has 0 amide bonds. The molecular formula is C9H11ClN2O. The number of nitrogens with zero attached hydrogens (tertiary/aromatic N) is 2. The van der Waals surface area contributed by atoms with Crippen LogP contribution < -0.4 is 0 Å². The van der Waals surface area contributed by atoms with Gasteiger partial charge in [-0.2, -0.15) is 0 Å². The lowest BCUT2D eigenvalue weighted by molar-refractivity contribution is 0.105. The van der Waals surface area contributed by atoms with Gasteiger partial charge in [-0.25, -0.2) is 9.97 Å². The molecule has 70 valence electrons. The van der Waals surface area contributed by atoms with Gasteiger partial charge in [0.1, 0.15) is 6.10 Å². The Labute approximate surface area is 82.1 Å². The summed E-state index contributed by atoms with van der Waals surface area (Å²) in [5.41, 5.74) is 0.948. The van der Waals surface area contributed by atoms with Gasteiger partial charge in [0, 0.05) is 24.6 Å². The molecule has 0 bridgehead atoms. The molecule has 1 saturated heterocycles. The van der Waals surface area contributed by atoms with Crippen LogP contribution in [-0.2, 0) is 10.6 Å². The molecule has 0 spiro atoms. The van der Waals surface area contributed by atoms with Crippen molar-refractivity contribution in [3.05, 3.63) is 23.8 Å². The van der Waals surface area contributed by atoms with Crippen LogP contribution in [0.15, 0.2) is 12.4 Å². The van der Waals surface area contributed by atoms with E-state index >= 15 is 0 Å². The summed E-state index contributed by atoms with van der Waals surface area (Å²) in [5.74, 6) is 1.25. The van der Waals surface area contributed by atoms with E-state index in [0.717, 1.165) is 30.8 Å². The van der Waals surface area contributed by atoms with Crippen LogP contribution in [0, 0.1) is 0 Å². The number of hydrogen-bond donors (Lipinski definition) is 0. The maximum absolute atomic E-state index is 5.63. The summed E-state index contributed by atoms with van der Waals surface area (Å²) in [6, 6.07) is 0. The van der Waals surface area contributed by atoms with Gasteiger partial charge in [0.2, 0.25) is 0 Å². The van der Waals surface area contributed by atoms with Gasteiger partial charge in [0.05, 0.1) is 5.88 Å². The van der Waals surface area contributed by atoms with E-state index in [-0.39, 0.29) is 6.10 Å². The molecule has 0 N–H and O–H groups in total. The van der Waals surface area contributed by atoms with Crippen molar-refractivity contribution in [3.8, 4) is 0 Å². The van der Waals surface area contributed by atoms with E-state index < -0.39 is 0 Å². The number of halogens is 1. The Morgan fingerprint density at radius 3 is 2.77 bits per heavy atom. The zero-order chi connectivity index (χ0) is 9.10. The average molecular weight is 199 g/mol. The Morgan fingerprint density at radius 1 is 1.46 bits per heavy atom. The van der Waals surface area contributed by atoms with Gasteiger partial charge in [-0.15, -0.1) is 11.6 Å². The van der Waals surface area contributed by atoms with Crippen molar-refractivity contribution >= 4 is 11.6 Å². The maximum Gasteiger partial charge on any atom is 0.157 e. The molecule has 0 aliphatic carbocycles. The molecular weight excluding hydrogens is 188 g/mol. The maximum atomic E-state index is 5.63. The molecule has 1 atom stereocenters. The fourth-order valence-corrected chi connectivity index (χ4v) is 1.52. The first-order chi connectivity index (χ1) is 6.40. The monoisotopic (exact) mass is 198 g/mol. The third-order valence-corrected chi connectivity index (χ3v) is 2.41. The van der Waals surface area contributed by atoms with Crippen molar-refractivity contribution in [2.75, 3.05) is 6.61 Å². The zero-order valence-corrected chi connectivity index (χ0v) is 8.00. The van der Waals surface area contributed by atoms with Crippen LogP contribution in [0.4, 0.5) is 0 Å². The number of aromatic nitrogens is 2. The van der Waals surface area contributed by atoms with Gasteiger partial charge >= 0.3 is 0 Å². The van der Waals surface area contributed by atoms with E-state index in [4.69, 9.17) is 16.3 Å². The number of hydrogen-bond acceptors (Lipinski definition) is 3. The molecule has 1 aliphatic heterocycles. The Kier molecular flexibility index (Phi) is 2.76. The topological polar surface area (TPSA) is 35.0 Å². The predicted molar refractivity (Wildman–Crippen MR) is 49.5 cm³/mol. The summed E-state index contributed by atoms with van der Waals surface area (Å²) in [7, 11) is 0. The van der Waals surface area contributed by atoms with Crippen molar-refractivity contribution in [3.63, 3.8) is 0 Å². The summed E-state index contributed by atoms with van der Waals surface area (Å²) >= 11 is 5.63. The van der Waals surface area contributed by atoms with Crippen LogP contribution in [-0.4, -0.2) is 16.6 Å². The lowest BCUT2D eigenvalue weighted by atomic mass is 10.2. The van der Waals surface area contributed by atoms with Gasteiger partial charge in [0.25, 0.3) is 0 Å². The van der Waals surface area contributed by atoms with Crippen molar-refractivity contribution < 1.29 is 4.74 Å². The van der Waals surface area contributed by atoms with Crippen molar-refractivity contribution in [2.24, 2.45) is 0 Å². The van der Waals surface area contributed by atoms with Gasteiger partial charge in [-0.05, 0) is 12.8 Å². The molecule has 0 aromatic carbocycles. The summed E-state index contributed by atoms with van der Waals surface area (Å²) in [6.45, 7) is 0.825. The lowest BCUT2D eigenvalue weighted by Gasteiger charge is -2.06. The fraction of sp³-hybridized carbons (Fsp3) is 0.556. The first kappa shape index (κ1) is 8.91. The van der Waals surface area contributed by atoms with Crippen LogP contribution in [0.3, 0.4) is 0 Å². The lowest BCUT2D eigenvalue weighted by Crippen LogP contribution is -2.02. The van der Waals surface area contributed by atoms with Gasteiger partial charge in [0.15, 0.2) is 5.82 Å². The van der Waals surface area contributed by atoms with Gasteiger partial charge < -0.3 is 4.74 Å². The molecule has 1 aliphatic rings. The van der Waals surface area contributed by atoms with E-state index in [1.54, 1.807) is 12.4 Å². The van der Waals surface area contributed by atoms with E-state index in [1.807, 2.05) is 0 Å². The number of ether oxygens (including phenoxy) is 1. The van der Waals surface area contributed by atoms with Crippen LogP contribution in [0.1, 0.15) is 30.3 Å². The molecule has 1 unspecified atom stereocenters. The van der Waals surface area contributed by atoms with Gasteiger partial charge in [-0.3, -0.25) is 0 Å². The molecule has 1 aromatic rings. The second kappa shape index (κ2) is 4.03. The van der Waals surface area contributed by atoms with Crippen LogP contribution in [0.5, 0.6) is 0 Å². The molecule has 4 heteroatoms. The van der Waals surface area contributed by atoms with E-state index in [1.165, 1.54) is 0 Å². The quantitative estimate of drug-likeness (QED) is 0.683. The van der Waals surface area contributed by atoms with Gasteiger partial charge in [-0.1, -0.05) is 0 Å². The molecule has 1 aromatic heterocycles. The first-order valence-electron chi connectivity index (χ1n) is 4.38. The van der Waals surface area contributed by atoms with Crippen LogP contribution >= 0.6 is 11.6 Å². The Hall–Kier alpha value is -0.670. The highest BCUT2D eigenvalue weighted by atomic mass is 35.5. The van der Waals surface area contributed by atoms with Crippen molar-refractivity contribution in [1.82, 2.24) is 9.97 Å². The van der Waals surface area contributed by atoms with Crippen molar-refractivity contribution in [1.29, 1.82) is 0 Å². The number of alkyl halides is 1. The summed E-state index contributed by atoms with van der Waals surface area (Å²) in [4.78, 5) is 8.42. The minimum Gasteiger partial charge on any atom is -0.370 e. The summed E-state index contributed by atoms with van der Waals surface area (Å²) < 4.78 is 5.45. The minimum absolute atomic E-state index is 0.101. The normalized spacial score (nSPS) is 22.1. The highest BCUT2D eigenvalue weighted by Gasteiger charge is 2.19. The molecule has 0 saturated carbocycles. The van der Waals surface area contributed by atoms with Crippen molar-refractivity contribution in [2.45, 2.75) is 24.8 Å². The third-order valence-electron chi connectivity index (χ3n) is 2.10. The standard InChI is InChI=1S/C9H11ClN2O/c10-4-7-5-11-9(12-6-7)8-2-1-3-13-8/h5-6,8H,1-4H2. The first-order valence-corrected chi connectivity index (χ1v) is 4.92. The Bertz CT molecular complexity index is 269. The smallest absolute Gasteiger partial charge is 0.157 e. The second-order valence-electron chi connectivity index (χ2n) is 3.08. The SMILES string of the molecule is ClCc1cnc(C2CCCO2)nc1. The molecule has 2 rings (SSSR count).